The van der Waals surface area contributed by atoms with Crippen molar-refractivity contribution in [2.45, 2.75) is 30.8 Å². The van der Waals surface area contributed by atoms with Gasteiger partial charge in [-0.2, -0.15) is 4.37 Å². The molecule has 0 bridgehead atoms. The van der Waals surface area contributed by atoms with Crippen LogP contribution >= 0.6 is 34.7 Å². The molecule has 16 heteroatoms. The number of rotatable bonds is 9. The minimum absolute atomic E-state index is 0.0345. The highest BCUT2D eigenvalue weighted by atomic mass is 35.5. The van der Waals surface area contributed by atoms with Crippen LogP contribution in [0.3, 0.4) is 0 Å². The van der Waals surface area contributed by atoms with Crippen LogP contribution in [-0.4, -0.2) is 70.6 Å². The Hall–Kier alpha value is -3.82. The third-order valence-electron chi connectivity index (χ3n) is 5.74. The molecule has 0 spiro atoms. The lowest BCUT2D eigenvalue weighted by molar-refractivity contribution is -0.114. The van der Waals surface area contributed by atoms with Crippen molar-refractivity contribution in [3.63, 3.8) is 0 Å². The van der Waals surface area contributed by atoms with Gasteiger partial charge in [-0.05, 0) is 48.3 Å². The number of pyridine rings is 2. The Bertz CT molecular complexity index is 1590. The van der Waals surface area contributed by atoms with Crippen LogP contribution in [0.4, 0.5) is 16.5 Å². The summed E-state index contributed by atoms with van der Waals surface area (Å²) in [6, 6.07) is 5.53. The fourth-order valence-electron chi connectivity index (χ4n) is 3.75. The molecule has 0 fully saturated rings. The lowest BCUT2D eigenvalue weighted by Gasteiger charge is -2.20. The molecule has 0 aromatic carbocycles. The number of amidine groups is 1. The van der Waals surface area contributed by atoms with Gasteiger partial charge in [0.2, 0.25) is 11.8 Å². The number of nitrogens with zero attached hydrogens (tertiary/aromatic N) is 4. The molecule has 4 aromatic rings. The summed E-state index contributed by atoms with van der Waals surface area (Å²) in [4.78, 5) is 32.7. The number of halogens is 2. The van der Waals surface area contributed by atoms with Gasteiger partial charge in [0.15, 0.2) is 0 Å². The number of alkyl halides is 2. The Morgan fingerprint density at radius 1 is 1.25 bits per heavy atom. The summed E-state index contributed by atoms with van der Waals surface area (Å²) >= 11 is 13.1. The number of aliphatic hydroxyl groups is 2. The maximum Gasteiger partial charge on any atom is 0.282 e. The maximum absolute atomic E-state index is 13.5. The number of hydrogen-bond acceptors (Lipinski definition) is 11. The lowest BCUT2D eigenvalue weighted by atomic mass is 10.2. The highest BCUT2D eigenvalue weighted by molar-refractivity contribution is 7.11. The second-order valence-electron chi connectivity index (χ2n) is 8.63. The average molecular weight is 607 g/mol. The van der Waals surface area contributed by atoms with Gasteiger partial charge in [0, 0.05) is 30.4 Å². The first-order valence-electron chi connectivity index (χ1n) is 11.7. The Kier molecular flexibility index (Phi) is 8.85. The van der Waals surface area contributed by atoms with E-state index in [4.69, 9.17) is 33.7 Å². The molecule has 0 radical (unpaired) electrons. The summed E-state index contributed by atoms with van der Waals surface area (Å²) in [5.74, 6) is -1.36. The molecule has 1 amide bonds. The molecule has 4 rings (SSSR count). The molecule has 7 N–H and O–H groups in total. The topological polar surface area (TPSA) is 198 Å². The molecule has 2 atom stereocenters. The summed E-state index contributed by atoms with van der Waals surface area (Å²) in [6.07, 6.45) is 1.77. The summed E-state index contributed by atoms with van der Waals surface area (Å²) in [6.45, 7) is 2.39. The largest absolute Gasteiger partial charge is 0.492 e. The molecule has 0 aliphatic carbocycles. The number of aliphatic hydroxyl groups excluding tert-OH is 2. The SMILES string of the molecule is CC(=O)Nc1cc(C(Cl)Cl)c2ccn(C(=O)c3cc(Nc4snc(O)c4C(=N)NC(C)C(O)CO)ccn3)c2n1. The van der Waals surface area contributed by atoms with Gasteiger partial charge in [-0.3, -0.25) is 24.5 Å². The fraction of sp³-hybridized carbons (Fsp3) is 0.250. The van der Waals surface area contributed by atoms with E-state index < -0.39 is 35.4 Å². The normalized spacial score (nSPS) is 12.8. The van der Waals surface area contributed by atoms with Gasteiger partial charge in [0.1, 0.15) is 38.4 Å². The molecule has 0 saturated heterocycles. The molecule has 210 valence electrons. The van der Waals surface area contributed by atoms with Crippen LogP contribution < -0.4 is 16.0 Å². The van der Waals surface area contributed by atoms with E-state index in [-0.39, 0.29) is 34.5 Å². The second-order valence-corrected chi connectivity index (χ2v) is 10.5. The second kappa shape index (κ2) is 12.1. The molecular weight excluding hydrogens is 583 g/mol. The zero-order valence-corrected chi connectivity index (χ0v) is 23.3. The number of carbonyl (C=O) groups excluding carboxylic acids is 2. The van der Waals surface area contributed by atoms with Crippen LogP contribution in [0.5, 0.6) is 5.88 Å². The molecule has 40 heavy (non-hydrogen) atoms. The van der Waals surface area contributed by atoms with Gasteiger partial charge in [0.05, 0.1) is 18.8 Å². The van der Waals surface area contributed by atoms with E-state index >= 15 is 0 Å². The number of aromatic nitrogens is 4. The van der Waals surface area contributed by atoms with Crippen molar-refractivity contribution in [3.8, 4) is 5.88 Å². The zero-order valence-electron chi connectivity index (χ0n) is 21.0. The first kappa shape index (κ1) is 29.2. The van der Waals surface area contributed by atoms with Crippen molar-refractivity contribution in [2.75, 3.05) is 17.2 Å². The molecule has 13 nitrogen and oxygen atoms in total. The minimum atomic E-state index is -1.12. The molecule has 0 aliphatic rings. The van der Waals surface area contributed by atoms with Crippen LogP contribution in [0, 0.1) is 5.41 Å². The van der Waals surface area contributed by atoms with Gasteiger partial charge in [-0.25, -0.2) is 4.98 Å². The predicted octanol–water partition coefficient (Wildman–Crippen LogP) is 3.12. The average Bonchev–Trinajstić information content (AvgIpc) is 3.50. The monoisotopic (exact) mass is 606 g/mol. The van der Waals surface area contributed by atoms with E-state index in [0.717, 1.165) is 11.5 Å². The lowest BCUT2D eigenvalue weighted by Crippen LogP contribution is -2.42. The maximum atomic E-state index is 13.5. The Morgan fingerprint density at radius 3 is 2.67 bits per heavy atom. The van der Waals surface area contributed by atoms with Crippen LogP contribution in [0.25, 0.3) is 11.0 Å². The Balaban J connectivity index is 1.64. The number of fused-ring (bicyclic) bond motifs is 1. The minimum Gasteiger partial charge on any atom is -0.492 e. The molecular formula is C24H24Cl2N8O5S. The van der Waals surface area contributed by atoms with E-state index in [0.29, 0.717) is 21.6 Å². The van der Waals surface area contributed by atoms with Gasteiger partial charge in [-0.1, -0.05) is 0 Å². The number of aromatic hydroxyl groups is 1. The number of amides is 1. The van der Waals surface area contributed by atoms with E-state index in [1.54, 1.807) is 19.1 Å². The standard InChI is InChI=1S/C24H24Cl2N8O5S/c1-10(16(37)9-35)29-20(27)18-22(38)33-40-23(18)31-12-3-5-28-15(7-12)24(39)34-6-4-13-14(19(25)26)8-17(30-11(2)36)32-21(13)34/h3-8,10,16,19,35,37H,9H2,1-2H3,(H2,27,29)(H,28,31)(H,33,38)(H,30,32,36). The van der Waals surface area contributed by atoms with Gasteiger partial charge in [-0.15, -0.1) is 23.2 Å². The van der Waals surface area contributed by atoms with Crippen LogP contribution in [0.15, 0.2) is 36.7 Å². The van der Waals surface area contributed by atoms with Gasteiger partial charge >= 0.3 is 0 Å². The summed E-state index contributed by atoms with van der Waals surface area (Å²) in [7, 11) is 0. The van der Waals surface area contributed by atoms with Crippen molar-refractivity contribution in [2.24, 2.45) is 0 Å². The van der Waals surface area contributed by atoms with Crippen LogP contribution in [-0.2, 0) is 4.79 Å². The number of nitrogens with one attached hydrogen (secondary N) is 4. The number of hydrogen-bond donors (Lipinski definition) is 7. The first-order chi connectivity index (χ1) is 19.0. The fourth-order valence-corrected chi connectivity index (χ4v) is 4.83. The van der Waals surface area contributed by atoms with Crippen molar-refractivity contribution in [3.05, 3.63) is 53.5 Å². The first-order valence-corrected chi connectivity index (χ1v) is 13.3. The third kappa shape index (κ3) is 6.16. The van der Waals surface area contributed by atoms with Crippen LogP contribution in [0.1, 0.15) is 40.3 Å². The molecule has 0 saturated carbocycles. The number of carbonyl (C=O) groups is 2. The van der Waals surface area contributed by atoms with E-state index in [9.17, 15) is 19.8 Å². The molecule has 4 aromatic heterocycles. The summed E-state index contributed by atoms with van der Waals surface area (Å²) in [5, 5.41) is 46.6. The van der Waals surface area contributed by atoms with Crippen LogP contribution in [0.2, 0.25) is 0 Å². The van der Waals surface area contributed by atoms with Crippen molar-refractivity contribution >= 4 is 79.9 Å². The zero-order chi connectivity index (χ0) is 29.1. The Morgan fingerprint density at radius 2 is 2.00 bits per heavy atom. The number of anilines is 3. The van der Waals surface area contributed by atoms with E-state index in [1.807, 2.05) is 0 Å². The van der Waals surface area contributed by atoms with Crippen molar-refractivity contribution in [1.82, 2.24) is 24.2 Å². The van der Waals surface area contributed by atoms with Crippen molar-refractivity contribution in [1.29, 1.82) is 5.41 Å². The summed E-state index contributed by atoms with van der Waals surface area (Å²) < 4.78 is 5.14. The van der Waals surface area contributed by atoms with E-state index in [2.05, 4.69) is 30.3 Å². The summed E-state index contributed by atoms with van der Waals surface area (Å²) in [5.41, 5.74) is 1.16. The van der Waals surface area contributed by atoms with Gasteiger partial charge < -0.3 is 31.3 Å². The highest BCUT2D eigenvalue weighted by Crippen LogP contribution is 2.34. The predicted molar refractivity (Wildman–Crippen MR) is 152 cm³/mol. The van der Waals surface area contributed by atoms with E-state index in [1.165, 1.54) is 36.0 Å². The molecule has 2 unspecified atom stereocenters. The van der Waals surface area contributed by atoms with Crippen molar-refractivity contribution < 1.29 is 24.9 Å². The molecule has 4 heterocycles. The third-order valence-corrected chi connectivity index (χ3v) is 6.97. The molecule has 0 aliphatic heterocycles. The van der Waals surface area contributed by atoms with Gasteiger partial charge in [0.25, 0.3) is 5.91 Å². The Labute approximate surface area is 241 Å². The quantitative estimate of drug-likeness (QED) is 0.0843. The smallest absolute Gasteiger partial charge is 0.282 e. The highest BCUT2D eigenvalue weighted by Gasteiger charge is 2.23.